The quantitative estimate of drug-likeness (QED) is 0.475. The summed E-state index contributed by atoms with van der Waals surface area (Å²) in [6.07, 6.45) is 0.956. The summed E-state index contributed by atoms with van der Waals surface area (Å²) in [6.45, 7) is 1.89. The van der Waals surface area contributed by atoms with E-state index in [1.165, 1.54) is 0 Å². The average Bonchev–Trinajstić information content (AvgIpc) is 2.16. The van der Waals surface area contributed by atoms with Crippen LogP contribution in [0.5, 0.6) is 0 Å². The van der Waals surface area contributed by atoms with Crippen LogP contribution in [0.2, 0.25) is 0 Å². The number of carbonyl (C=O) groups excluding carboxylic acids is 1. The van der Waals surface area contributed by atoms with Crippen LogP contribution in [0.15, 0.2) is 18.2 Å². The van der Waals surface area contributed by atoms with Crippen LogP contribution >= 0.6 is 34.2 Å². The SMILES string of the molecule is CC(C=O)c1ccc(CCl)cc1I. The first-order chi connectivity index (χ1) is 6.19. The molecule has 1 atom stereocenters. The van der Waals surface area contributed by atoms with Crippen LogP contribution in [0.4, 0.5) is 0 Å². The van der Waals surface area contributed by atoms with Crippen molar-refractivity contribution >= 4 is 40.5 Å². The molecule has 13 heavy (non-hydrogen) atoms. The van der Waals surface area contributed by atoms with Crippen molar-refractivity contribution in [1.82, 2.24) is 0 Å². The summed E-state index contributed by atoms with van der Waals surface area (Å²) >= 11 is 7.92. The summed E-state index contributed by atoms with van der Waals surface area (Å²) in [5.74, 6) is 0.488. The highest BCUT2D eigenvalue weighted by molar-refractivity contribution is 14.1. The lowest BCUT2D eigenvalue weighted by Gasteiger charge is -2.07. The Kier molecular flexibility index (Phi) is 4.19. The molecule has 0 radical (unpaired) electrons. The molecule has 0 saturated carbocycles. The fourth-order valence-electron chi connectivity index (χ4n) is 1.10. The highest BCUT2D eigenvalue weighted by Gasteiger charge is 2.07. The third kappa shape index (κ3) is 2.68. The van der Waals surface area contributed by atoms with Crippen molar-refractivity contribution in [1.29, 1.82) is 0 Å². The maximum absolute atomic E-state index is 10.6. The molecule has 0 saturated heterocycles. The van der Waals surface area contributed by atoms with Gasteiger partial charge in [0.1, 0.15) is 6.29 Å². The van der Waals surface area contributed by atoms with Gasteiger partial charge in [-0.15, -0.1) is 11.6 Å². The van der Waals surface area contributed by atoms with Gasteiger partial charge in [-0.05, 0) is 39.8 Å². The molecule has 0 heterocycles. The van der Waals surface area contributed by atoms with Crippen LogP contribution < -0.4 is 0 Å². The van der Waals surface area contributed by atoms with Gasteiger partial charge in [0.2, 0.25) is 0 Å². The number of hydrogen-bond acceptors (Lipinski definition) is 1. The summed E-state index contributed by atoms with van der Waals surface area (Å²) in [4.78, 5) is 10.6. The Morgan fingerprint density at radius 3 is 2.77 bits per heavy atom. The third-order valence-corrected chi connectivity index (χ3v) is 3.16. The van der Waals surface area contributed by atoms with Crippen molar-refractivity contribution < 1.29 is 4.79 Å². The minimum absolute atomic E-state index is 0.0312. The fraction of sp³-hybridized carbons (Fsp3) is 0.300. The lowest BCUT2D eigenvalue weighted by molar-refractivity contribution is -0.108. The van der Waals surface area contributed by atoms with E-state index in [9.17, 15) is 4.79 Å². The molecule has 0 fully saturated rings. The van der Waals surface area contributed by atoms with Gasteiger partial charge in [-0.3, -0.25) is 0 Å². The molecule has 1 aromatic rings. The largest absolute Gasteiger partial charge is 0.303 e. The summed E-state index contributed by atoms with van der Waals surface area (Å²) < 4.78 is 1.11. The molecule has 3 heteroatoms. The van der Waals surface area contributed by atoms with Gasteiger partial charge in [0.15, 0.2) is 0 Å². The van der Waals surface area contributed by atoms with E-state index in [2.05, 4.69) is 22.6 Å². The molecule has 1 rings (SSSR count). The smallest absolute Gasteiger partial charge is 0.127 e. The van der Waals surface area contributed by atoms with Crippen molar-refractivity contribution in [2.75, 3.05) is 0 Å². The number of benzene rings is 1. The first kappa shape index (κ1) is 11.0. The second-order valence-electron chi connectivity index (χ2n) is 2.91. The summed E-state index contributed by atoms with van der Waals surface area (Å²) in [7, 11) is 0. The van der Waals surface area contributed by atoms with Gasteiger partial charge in [-0.2, -0.15) is 0 Å². The fourth-order valence-corrected chi connectivity index (χ4v) is 2.33. The second-order valence-corrected chi connectivity index (χ2v) is 4.34. The van der Waals surface area contributed by atoms with E-state index in [0.717, 1.165) is 21.0 Å². The standard InChI is InChI=1S/C10H10ClIO/c1-7(6-13)9-3-2-8(5-11)4-10(9)12/h2-4,6-7H,5H2,1H3. The molecular formula is C10H10ClIO. The molecule has 0 amide bonds. The molecule has 1 nitrogen and oxygen atoms in total. The molecule has 0 bridgehead atoms. The normalized spacial score (nSPS) is 12.5. The van der Waals surface area contributed by atoms with Gasteiger partial charge in [0, 0.05) is 15.4 Å². The molecule has 0 aliphatic carbocycles. The maximum Gasteiger partial charge on any atom is 0.127 e. The number of aldehydes is 1. The molecule has 1 unspecified atom stereocenters. The lowest BCUT2D eigenvalue weighted by atomic mass is 10.0. The van der Waals surface area contributed by atoms with Gasteiger partial charge in [0.05, 0.1) is 0 Å². The first-order valence-electron chi connectivity index (χ1n) is 3.98. The van der Waals surface area contributed by atoms with Crippen molar-refractivity contribution in [3.8, 4) is 0 Å². The Labute approximate surface area is 96.6 Å². The van der Waals surface area contributed by atoms with Crippen LogP contribution in [0.25, 0.3) is 0 Å². The van der Waals surface area contributed by atoms with Gasteiger partial charge >= 0.3 is 0 Å². The predicted molar refractivity (Wildman–Crippen MR) is 63.2 cm³/mol. The molecule has 0 aliphatic rings. The Bertz CT molecular complexity index is 312. The van der Waals surface area contributed by atoms with Gasteiger partial charge < -0.3 is 4.79 Å². The van der Waals surface area contributed by atoms with Crippen LogP contribution in [0, 0.1) is 3.57 Å². The predicted octanol–water partition coefficient (Wildman–Crippen LogP) is 3.33. The summed E-state index contributed by atoms with van der Waals surface area (Å²) in [6, 6.07) is 5.95. The van der Waals surface area contributed by atoms with Gasteiger partial charge in [-0.25, -0.2) is 0 Å². The Morgan fingerprint density at radius 1 is 1.62 bits per heavy atom. The number of alkyl halides is 1. The van der Waals surface area contributed by atoms with E-state index in [0.29, 0.717) is 5.88 Å². The van der Waals surface area contributed by atoms with Crippen LogP contribution in [-0.4, -0.2) is 6.29 Å². The molecular weight excluding hydrogens is 298 g/mol. The van der Waals surface area contributed by atoms with Crippen molar-refractivity contribution in [2.45, 2.75) is 18.7 Å². The molecule has 0 spiro atoms. The van der Waals surface area contributed by atoms with Crippen LogP contribution in [-0.2, 0) is 10.7 Å². The number of halogens is 2. The molecule has 70 valence electrons. The number of rotatable bonds is 3. The minimum atomic E-state index is -0.0312. The zero-order chi connectivity index (χ0) is 9.84. The zero-order valence-electron chi connectivity index (χ0n) is 7.26. The van der Waals surface area contributed by atoms with Crippen molar-refractivity contribution in [2.24, 2.45) is 0 Å². The topological polar surface area (TPSA) is 17.1 Å². The monoisotopic (exact) mass is 308 g/mol. The average molecular weight is 309 g/mol. The third-order valence-electron chi connectivity index (χ3n) is 1.91. The van der Waals surface area contributed by atoms with Crippen molar-refractivity contribution in [3.63, 3.8) is 0 Å². The minimum Gasteiger partial charge on any atom is -0.303 e. The van der Waals surface area contributed by atoms with E-state index in [1.807, 2.05) is 25.1 Å². The van der Waals surface area contributed by atoms with E-state index in [4.69, 9.17) is 11.6 Å². The molecule has 0 N–H and O–H groups in total. The van der Waals surface area contributed by atoms with Crippen LogP contribution in [0.3, 0.4) is 0 Å². The van der Waals surface area contributed by atoms with Gasteiger partial charge in [-0.1, -0.05) is 19.1 Å². The van der Waals surface area contributed by atoms with E-state index in [-0.39, 0.29) is 5.92 Å². The lowest BCUT2D eigenvalue weighted by Crippen LogP contribution is -1.98. The summed E-state index contributed by atoms with van der Waals surface area (Å²) in [5.41, 5.74) is 2.16. The van der Waals surface area contributed by atoms with E-state index in [1.54, 1.807) is 0 Å². The Balaban J connectivity index is 3.04. The van der Waals surface area contributed by atoms with Crippen molar-refractivity contribution in [3.05, 3.63) is 32.9 Å². The second kappa shape index (κ2) is 4.96. The molecule has 1 aromatic carbocycles. The summed E-state index contributed by atoms with van der Waals surface area (Å²) in [5, 5.41) is 0. The zero-order valence-corrected chi connectivity index (χ0v) is 10.2. The number of carbonyl (C=O) groups is 1. The highest BCUT2D eigenvalue weighted by atomic mass is 127. The molecule has 0 aromatic heterocycles. The van der Waals surface area contributed by atoms with E-state index >= 15 is 0 Å². The number of hydrogen-bond donors (Lipinski definition) is 0. The highest BCUT2D eigenvalue weighted by Crippen LogP contribution is 2.22. The van der Waals surface area contributed by atoms with E-state index < -0.39 is 0 Å². The Morgan fingerprint density at radius 2 is 2.31 bits per heavy atom. The first-order valence-corrected chi connectivity index (χ1v) is 5.60. The van der Waals surface area contributed by atoms with Gasteiger partial charge in [0.25, 0.3) is 0 Å². The van der Waals surface area contributed by atoms with Crippen LogP contribution in [0.1, 0.15) is 24.0 Å². The maximum atomic E-state index is 10.6. The Hall–Kier alpha value is -0.0900. The molecule has 0 aliphatic heterocycles.